The molecule has 2 N–H and O–H groups in total. The molecule has 2 aromatic carbocycles. The summed E-state index contributed by atoms with van der Waals surface area (Å²) in [5, 5.41) is 0. The summed E-state index contributed by atoms with van der Waals surface area (Å²) in [5.41, 5.74) is 6.02. The minimum absolute atomic E-state index is 0.112. The lowest BCUT2D eigenvalue weighted by Crippen LogP contribution is -2.32. The maximum absolute atomic E-state index is 12.8. The van der Waals surface area contributed by atoms with Gasteiger partial charge in [-0.2, -0.15) is 8.78 Å². The third kappa shape index (κ3) is 4.34. The van der Waals surface area contributed by atoms with Crippen molar-refractivity contribution in [2.24, 2.45) is 0 Å². The molecule has 2 heterocycles. The molecule has 0 aliphatic carbocycles. The van der Waals surface area contributed by atoms with Crippen molar-refractivity contribution in [3.63, 3.8) is 0 Å². The van der Waals surface area contributed by atoms with Crippen molar-refractivity contribution in [2.75, 3.05) is 22.1 Å². The van der Waals surface area contributed by atoms with Crippen molar-refractivity contribution < 1.29 is 27.8 Å². The number of nitrogens with zero attached hydrogens (tertiary/aromatic N) is 4. The highest BCUT2D eigenvalue weighted by Gasteiger charge is 2.38. The van der Waals surface area contributed by atoms with Crippen molar-refractivity contribution in [2.45, 2.75) is 6.61 Å². The lowest BCUT2D eigenvalue weighted by molar-refractivity contribution is -0.115. The van der Waals surface area contributed by atoms with E-state index in [1.165, 1.54) is 41.6 Å². The molecule has 9 nitrogen and oxygen atoms in total. The zero-order valence-electron chi connectivity index (χ0n) is 15.8. The topological polar surface area (TPSA) is 111 Å². The highest BCUT2D eigenvalue weighted by molar-refractivity contribution is 6.26. The first-order valence-corrected chi connectivity index (χ1v) is 8.95. The Balaban J connectivity index is 1.50. The number of imide groups is 1. The van der Waals surface area contributed by atoms with Crippen molar-refractivity contribution in [1.29, 1.82) is 0 Å². The number of nitrogen functional groups attached to an aromatic ring is 1. The average Bonchev–Trinajstić information content (AvgIpc) is 3.04. The number of nitrogens with two attached hydrogens (primary N) is 1. The van der Waals surface area contributed by atoms with Gasteiger partial charge in [-0.1, -0.05) is 6.07 Å². The summed E-state index contributed by atoms with van der Waals surface area (Å²) in [7, 11) is 0. The van der Waals surface area contributed by atoms with Gasteiger partial charge in [-0.15, -0.1) is 0 Å². The lowest BCUT2D eigenvalue weighted by atomic mass is 10.3. The molecule has 0 spiro atoms. The number of hydrogen-bond donors (Lipinski definition) is 1. The molecule has 158 valence electrons. The molecule has 0 saturated carbocycles. The summed E-state index contributed by atoms with van der Waals surface area (Å²) >= 11 is 0. The molecule has 0 atom stereocenters. The third-order valence-corrected chi connectivity index (χ3v) is 4.30. The average molecular weight is 427 g/mol. The quantitative estimate of drug-likeness (QED) is 0.600. The number of rotatable bonds is 6. The Morgan fingerprint density at radius 3 is 2.32 bits per heavy atom. The molecule has 0 unspecified atom stereocenters. The second-order valence-corrected chi connectivity index (χ2v) is 6.35. The van der Waals surface area contributed by atoms with Crippen LogP contribution in [0.25, 0.3) is 0 Å². The first kappa shape index (κ1) is 20.0. The van der Waals surface area contributed by atoms with E-state index >= 15 is 0 Å². The van der Waals surface area contributed by atoms with Gasteiger partial charge in [0.1, 0.15) is 18.0 Å². The van der Waals surface area contributed by atoms with Crippen LogP contribution in [0.1, 0.15) is 0 Å². The van der Waals surface area contributed by atoms with Gasteiger partial charge in [0, 0.05) is 11.8 Å². The summed E-state index contributed by atoms with van der Waals surface area (Å²) in [6.45, 7) is -3.24. The Kier molecular flexibility index (Phi) is 5.31. The fourth-order valence-corrected chi connectivity index (χ4v) is 2.96. The maximum Gasteiger partial charge on any atom is 0.387 e. The number of hydrogen-bond acceptors (Lipinski definition) is 7. The molecule has 0 bridgehead atoms. The van der Waals surface area contributed by atoms with Gasteiger partial charge in [0.05, 0.1) is 18.1 Å². The highest BCUT2D eigenvalue weighted by Crippen LogP contribution is 2.30. The van der Waals surface area contributed by atoms with Gasteiger partial charge >= 0.3 is 12.6 Å². The fraction of sp³-hybridized carbons (Fsp3) is 0.100. The number of benzene rings is 2. The number of urea groups is 1. The Hall–Kier alpha value is -4.28. The van der Waals surface area contributed by atoms with Crippen molar-refractivity contribution >= 4 is 29.3 Å². The largest absolute Gasteiger partial charge is 0.454 e. The monoisotopic (exact) mass is 427 g/mol. The van der Waals surface area contributed by atoms with E-state index in [0.29, 0.717) is 17.2 Å². The molecule has 31 heavy (non-hydrogen) atoms. The van der Waals surface area contributed by atoms with E-state index in [0.717, 1.165) is 4.90 Å². The molecule has 1 aliphatic heterocycles. The summed E-state index contributed by atoms with van der Waals surface area (Å²) < 4.78 is 34.8. The summed E-state index contributed by atoms with van der Waals surface area (Å²) in [6.07, 6.45) is 2.82. The van der Waals surface area contributed by atoms with E-state index in [2.05, 4.69) is 14.7 Å². The molecule has 4 rings (SSSR count). The van der Waals surface area contributed by atoms with E-state index in [4.69, 9.17) is 10.5 Å². The van der Waals surface area contributed by atoms with Crippen LogP contribution in [-0.4, -0.2) is 35.1 Å². The number of carbonyl (C=O) groups is 2. The second-order valence-electron chi connectivity index (χ2n) is 6.35. The number of carbonyl (C=O) groups excluding carboxylic acids is 2. The number of alkyl halides is 2. The van der Waals surface area contributed by atoms with Crippen LogP contribution >= 0.6 is 0 Å². The molecule has 0 radical (unpaired) electrons. The molecule has 1 saturated heterocycles. The highest BCUT2D eigenvalue weighted by atomic mass is 19.3. The number of anilines is 3. The van der Waals surface area contributed by atoms with Gasteiger partial charge in [0.15, 0.2) is 5.75 Å². The van der Waals surface area contributed by atoms with Gasteiger partial charge in [0.25, 0.3) is 5.91 Å². The Labute approximate surface area is 174 Å². The van der Waals surface area contributed by atoms with Gasteiger partial charge in [0.2, 0.25) is 5.95 Å². The van der Waals surface area contributed by atoms with Crippen molar-refractivity contribution in [3.05, 3.63) is 60.9 Å². The van der Waals surface area contributed by atoms with Crippen LogP contribution < -0.4 is 25.0 Å². The van der Waals surface area contributed by atoms with Gasteiger partial charge in [-0.05, 0) is 36.4 Å². The predicted octanol–water partition coefficient (Wildman–Crippen LogP) is 3.43. The van der Waals surface area contributed by atoms with Crippen LogP contribution in [0.2, 0.25) is 0 Å². The van der Waals surface area contributed by atoms with Crippen LogP contribution in [0.5, 0.6) is 17.2 Å². The molecule has 1 aromatic heterocycles. The van der Waals surface area contributed by atoms with Gasteiger partial charge in [-0.25, -0.2) is 19.7 Å². The minimum atomic E-state index is -3.00. The number of aromatic nitrogens is 2. The first-order chi connectivity index (χ1) is 14.9. The lowest BCUT2D eigenvalue weighted by Gasteiger charge is -2.18. The van der Waals surface area contributed by atoms with Crippen molar-refractivity contribution in [1.82, 2.24) is 9.97 Å². The van der Waals surface area contributed by atoms with E-state index < -0.39 is 18.5 Å². The van der Waals surface area contributed by atoms with Crippen LogP contribution in [-0.2, 0) is 4.79 Å². The zero-order valence-corrected chi connectivity index (χ0v) is 15.8. The standard InChI is InChI=1S/C20H15F2N5O4/c21-18(22)31-15-3-1-2-13(8-15)26-11-17(28)27(20(26)29)12-4-6-14(7-5-12)30-16-9-24-19(23)25-10-16/h1-10,18H,11H2,(H2,23,24,25). The second kappa shape index (κ2) is 8.22. The molecular formula is C20H15F2N5O4. The van der Waals surface area contributed by atoms with E-state index in [1.807, 2.05) is 0 Å². The first-order valence-electron chi connectivity index (χ1n) is 8.95. The van der Waals surface area contributed by atoms with Gasteiger partial charge < -0.3 is 15.2 Å². The van der Waals surface area contributed by atoms with Crippen molar-refractivity contribution in [3.8, 4) is 17.2 Å². The molecular weight excluding hydrogens is 412 g/mol. The summed E-state index contributed by atoms with van der Waals surface area (Å²) in [6, 6.07) is 11.2. The number of halogens is 2. The molecule has 1 aliphatic rings. The molecule has 1 fully saturated rings. The Bertz CT molecular complexity index is 1110. The molecule has 11 heteroatoms. The van der Waals surface area contributed by atoms with E-state index in [9.17, 15) is 18.4 Å². The van der Waals surface area contributed by atoms with Crippen LogP contribution in [0.15, 0.2) is 60.9 Å². The SMILES string of the molecule is Nc1ncc(Oc2ccc(N3C(=O)CN(c4cccc(OC(F)F)c4)C3=O)cc2)cn1. The minimum Gasteiger partial charge on any atom is -0.454 e. The summed E-state index contributed by atoms with van der Waals surface area (Å²) in [5.74, 6) is 0.340. The normalized spacial score (nSPS) is 13.8. The fourth-order valence-electron chi connectivity index (χ4n) is 2.96. The van der Waals surface area contributed by atoms with Gasteiger partial charge in [-0.3, -0.25) is 9.69 Å². The molecule has 3 amide bonds. The number of amides is 3. The zero-order chi connectivity index (χ0) is 22.0. The number of ether oxygens (including phenoxy) is 2. The van der Waals surface area contributed by atoms with Crippen LogP contribution in [0.4, 0.5) is 30.9 Å². The van der Waals surface area contributed by atoms with Crippen LogP contribution in [0.3, 0.4) is 0 Å². The van der Waals surface area contributed by atoms with E-state index in [1.54, 1.807) is 24.3 Å². The maximum atomic E-state index is 12.8. The van der Waals surface area contributed by atoms with E-state index in [-0.39, 0.29) is 23.9 Å². The smallest absolute Gasteiger partial charge is 0.387 e. The van der Waals surface area contributed by atoms with Crippen LogP contribution in [0, 0.1) is 0 Å². The Morgan fingerprint density at radius 2 is 1.65 bits per heavy atom. The third-order valence-electron chi connectivity index (χ3n) is 4.30. The predicted molar refractivity (Wildman–Crippen MR) is 106 cm³/mol. The Morgan fingerprint density at radius 1 is 0.935 bits per heavy atom. The molecule has 3 aromatic rings. The summed E-state index contributed by atoms with van der Waals surface area (Å²) in [4.78, 5) is 35.2.